The Hall–Kier alpha value is -1.69. The maximum Gasteiger partial charge on any atom is 0.237 e. The molecule has 1 unspecified atom stereocenters. The highest BCUT2D eigenvalue weighted by atomic mass is 16.2. The summed E-state index contributed by atoms with van der Waals surface area (Å²) in [5.41, 5.74) is 0.949. The number of hydrogen-bond donors (Lipinski definition) is 2. The van der Waals surface area contributed by atoms with E-state index in [1.807, 2.05) is 19.9 Å². The number of amides is 1. The van der Waals surface area contributed by atoms with Crippen LogP contribution < -0.4 is 10.6 Å². The molecule has 1 saturated heterocycles. The Labute approximate surface area is 126 Å². The second kappa shape index (κ2) is 7.36. The number of piperidine rings is 1. The van der Waals surface area contributed by atoms with Crippen molar-refractivity contribution < 1.29 is 4.79 Å². The number of nitrogens with zero attached hydrogens (tertiary/aromatic N) is 3. The van der Waals surface area contributed by atoms with Crippen molar-refractivity contribution in [1.29, 1.82) is 0 Å². The van der Waals surface area contributed by atoms with Crippen molar-refractivity contribution in [3.63, 3.8) is 0 Å². The van der Waals surface area contributed by atoms with Crippen LogP contribution in [0.3, 0.4) is 0 Å². The van der Waals surface area contributed by atoms with Crippen molar-refractivity contribution in [2.45, 2.75) is 45.7 Å². The summed E-state index contributed by atoms with van der Waals surface area (Å²) in [6.45, 7) is 6.40. The number of likely N-dealkylation sites (N-methyl/N-ethyl adjacent to an activating group) is 1. The van der Waals surface area contributed by atoms with Crippen LogP contribution in [0.2, 0.25) is 0 Å². The zero-order chi connectivity index (χ0) is 15.2. The van der Waals surface area contributed by atoms with E-state index in [9.17, 15) is 4.79 Å². The van der Waals surface area contributed by atoms with Crippen molar-refractivity contribution in [2.75, 3.05) is 25.5 Å². The molecule has 1 aliphatic heterocycles. The fourth-order valence-corrected chi connectivity index (χ4v) is 2.80. The molecule has 0 radical (unpaired) electrons. The number of hydrogen-bond acceptors (Lipinski definition) is 5. The normalized spacial score (nSPS) is 19.3. The van der Waals surface area contributed by atoms with Crippen LogP contribution in [0.15, 0.2) is 6.07 Å². The quantitative estimate of drug-likeness (QED) is 0.856. The molecule has 0 aliphatic carbocycles. The number of aryl methyl sites for hydroxylation is 1. The third-order valence-corrected chi connectivity index (χ3v) is 3.77. The van der Waals surface area contributed by atoms with Gasteiger partial charge in [0.1, 0.15) is 11.6 Å². The van der Waals surface area contributed by atoms with Gasteiger partial charge < -0.3 is 10.6 Å². The summed E-state index contributed by atoms with van der Waals surface area (Å²) in [6, 6.07) is 1.88. The Kier molecular flexibility index (Phi) is 5.50. The minimum atomic E-state index is -0.0598. The van der Waals surface area contributed by atoms with Crippen molar-refractivity contribution in [1.82, 2.24) is 20.2 Å². The van der Waals surface area contributed by atoms with Gasteiger partial charge in [-0.1, -0.05) is 6.42 Å². The lowest BCUT2D eigenvalue weighted by Crippen LogP contribution is -2.48. The van der Waals surface area contributed by atoms with Crippen LogP contribution in [-0.2, 0) is 11.3 Å². The number of anilines is 1. The zero-order valence-corrected chi connectivity index (χ0v) is 13.1. The summed E-state index contributed by atoms with van der Waals surface area (Å²) in [6.07, 6.45) is 3.14. The Balaban J connectivity index is 2.13. The first-order valence-electron chi connectivity index (χ1n) is 7.68. The SMILES string of the molecule is CCNc1cc(C)nc(CN2CCCCC2C(=O)NC)n1. The summed E-state index contributed by atoms with van der Waals surface area (Å²) in [4.78, 5) is 23.2. The molecule has 1 amide bonds. The number of carbonyl (C=O) groups is 1. The van der Waals surface area contributed by atoms with Gasteiger partial charge in [0.25, 0.3) is 0 Å². The molecule has 1 atom stereocenters. The number of carbonyl (C=O) groups excluding carboxylic acids is 1. The molecular weight excluding hydrogens is 266 g/mol. The molecule has 0 aromatic carbocycles. The summed E-state index contributed by atoms with van der Waals surface area (Å²) in [7, 11) is 1.70. The summed E-state index contributed by atoms with van der Waals surface area (Å²) in [5, 5.41) is 5.98. The van der Waals surface area contributed by atoms with Gasteiger partial charge in [-0.15, -0.1) is 0 Å². The summed E-state index contributed by atoms with van der Waals surface area (Å²) in [5.74, 6) is 1.73. The van der Waals surface area contributed by atoms with Gasteiger partial charge in [0, 0.05) is 25.4 Å². The molecule has 1 aromatic rings. The molecule has 1 fully saturated rings. The molecule has 6 nitrogen and oxygen atoms in total. The average Bonchev–Trinajstić information content (AvgIpc) is 2.47. The van der Waals surface area contributed by atoms with Gasteiger partial charge in [-0.3, -0.25) is 9.69 Å². The highest BCUT2D eigenvalue weighted by molar-refractivity contribution is 5.81. The lowest BCUT2D eigenvalue weighted by Gasteiger charge is -2.33. The molecule has 1 aliphatic rings. The highest BCUT2D eigenvalue weighted by Gasteiger charge is 2.28. The van der Waals surface area contributed by atoms with Gasteiger partial charge >= 0.3 is 0 Å². The molecule has 1 aromatic heterocycles. The topological polar surface area (TPSA) is 70.2 Å². The van der Waals surface area contributed by atoms with Crippen LogP contribution in [0.1, 0.15) is 37.7 Å². The van der Waals surface area contributed by atoms with Gasteiger partial charge in [0.2, 0.25) is 5.91 Å². The molecule has 21 heavy (non-hydrogen) atoms. The maximum absolute atomic E-state index is 12.0. The molecule has 2 heterocycles. The van der Waals surface area contributed by atoms with Crippen LogP contribution in [0.4, 0.5) is 5.82 Å². The third kappa shape index (κ3) is 4.14. The largest absolute Gasteiger partial charge is 0.370 e. The zero-order valence-electron chi connectivity index (χ0n) is 13.1. The van der Waals surface area contributed by atoms with Gasteiger partial charge in [-0.05, 0) is 33.2 Å². The van der Waals surface area contributed by atoms with Gasteiger partial charge in [-0.25, -0.2) is 9.97 Å². The van der Waals surface area contributed by atoms with E-state index in [1.165, 1.54) is 0 Å². The first kappa shape index (κ1) is 15.7. The number of nitrogens with one attached hydrogen (secondary N) is 2. The van der Waals surface area contributed by atoms with Crippen LogP contribution >= 0.6 is 0 Å². The van der Waals surface area contributed by atoms with E-state index in [-0.39, 0.29) is 11.9 Å². The summed E-state index contributed by atoms with van der Waals surface area (Å²) < 4.78 is 0. The maximum atomic E-state index is 12.0. The van der Waals surface area contributed by atoms with Crippen LogP contribution in [0, 0.1) is 6.92 Å². The number of aromatic nitrogens is 2. The first-order valence-corrected chi connectivity index (χ1v) is 7.68. The van der Waals surface area contributed by atoms with Crippen molar-refractivity contribution in [3.8, 4) is 0 Å². The fraction of sp³-hybridized carbons (Fsp3) is 0.667. The monoisotopic (exact) mass is 291 g/mol. The van der Waals surface area contributed by atoms with E-state index in [1.54, 1.807) is 7.05 Å². The highest BCUT2D eigenvalue weighted by Crippen LogP contribution is 2.19. The predicted molar refractivity (Wildman–Crippen MR) is 83.0 cm³/mol. The smallest absolute Gasteiger partial charge is 0.237 e. The molecule has 0 saturated carbocycles. The number of likely N-dealkylation sites (tertiary alicyclic amines) is 1. The lowest BCUT2D eigenvalue weighted by molar-refractivity contribution is -0.127. The first-order chi connectivity index (χ1) is 10.1. The molecule has 0 spiro atoms. The van der Waals surface area contributed by atoms with E-state index in [2.05, 4.69) is 25.5 Å². The second-order valence-corrected chi connectivity index (χ2v) is 5.44. The van der Waals surface area contributed by atoms with E-state index in [0.29, 0.717) is 6.54 Å². The van der Waals surface area contributed by atoms with Crippen LogP contribution in [-0.4, -0.2) is 47.0 Å². The van der Waals surface area contributed by atoms with Crippen LogP contribution in [0.5, 0.6) is 0 Å². The van der Waals surface area contributed by atoms with E-state index in [0.717, 1.165) is 49.7 Å². The Morgan fingerprint density at radius 1 is 1.43 bits per heavy atom. The Bertz CT molecular complexity index is 491. The second-order valence-electron chi connectivity index (χ2n) is 5.44. The Morgan fingerprint density at radius 3 is 2.95 bits per heavy atom. The fourth-order valence-electron chi connectivity index (χ4n) is 2.80. The van der Waals surface area contributed by atoms with Crippen LogP contribution in [0.25, 0.3) is 0 Å². The molecule has 0 bridgehead atoms. The lowest BCUT2D eigenvalue weighted by atomic mass is 10.0. The van der Waals surface area contributed by atoms with E-state index in [4.69, 9.17) is 0 Å². The van der Waals surface area contributed by atoms with E-state index < -0.39 is 0 Å². The average molecular weight is 291 g/mol. The third-order valence-electron chi connectivity index (χ3n) is 3.77. The number of rotatable bonds is 5. The predicted octanol–water partition coefficient (Wildman–Crippen LogP) is 1.32. The van der Waals surface area contributed by atoms with Crippen molar-refractivity contribution in [2.24, 2.45) is 0 Å². The minimum absolute atomic E-state index is 0.0598. The van der Waals surface area contributed by atoms with Gasteiger partial charge in [-0.2, -0.15) is 0 Å². The molecular formula is C15H25N5O. The molecule has 116 valence electrons. The van der Waals surface area contributed by atoms with Gasteiger partial charge in [0.15, 0.2) is 0 Å². The van der Waals surface area contributed by atoms with Gasteiger partial charge in [0.05, 0.1) is 12.6 Å². The standard InChI is InChI=1S/C15H25N5O/c1-4-17-13-9-11(2)18-14(19-13)10-20-8-6-5-7-12(20)15(21)16-3/h9,12H,4-8,10H2,1-3H3,(H,16,21)(H,17,18,19). The Morgan fingerprint density at radius 2 is 2.24 bits per heavy atom. The molecule has 2 N–H and O–H groups in total. The minimum Gasteiger partial charge on any atom is -0.370 e. The summed E-state index contributed by atoms with van der Waals surface area (Å²) >= 11 is 0. The molecule has 6 heteroatoms. The van der Waals surface area contributed by atoms with E-state index >= 15 is 0 Å². The molecule has 2 rings (SSSR count). The van der Waals surface area contributed by atoms with Crippen molar-refractivity contribution in [3.05, 3.63) is 17.6 Å². The van der Waals surface area contributed by atoms with Crippen molar-refractivity contribution >= 4 is 11.7 Å².